The standard InChI is InChI=1S/C24H25N5O3S/c1-25-22(31)15-4-2-14(3-5-15)18-13-29-19-7-6-16(10-21(19)33-24(29)28-18)23(32)27-11-17-8-9-26-12-20(17)30/h2-7,10,13,17,20,26,30H,8-9,11-12H2,1H3,(H,25,31)(H,27,32)/t17-,20+/m1/s1. The number of fused-ring (bicyclic) bond motifs is 3. The van der Waals surface area contributed by atoms with Gasteiger partial charge in [-0.15, -0.1) is 0 Å². The molecule has 2 aromatic carbocycles. The van der Waals surface area contributed by atoms with Gasteiger partial charge < -0.3 is 21.1 Å². The van der Waals surface area contributed by atoms with Crippen molar-refractivity contribution in [3.63, 3.8) is 0 Å². The zero-order valence-corrected chi connectivity index (χ0v) is 19.0. The second kappa shape index (κ2) is 8.93. The molecule has 0 saturated carbocycles. The van der Waals surface area contributed by atoms with Crippen LogP contribution in [0.5, 0.6) is 0 Å². The Morgan fingerprint density at radius 3 is 2.73 bits per heavy atom. The number of aromatic nitrogens is 2. The summed E-state index contributed by atoms with van der Waals surface area (Å²) in [5.41, 5.74) is 3.95. The van der Waals surface area contributed by atoms with Gasteiger partial charge in [0, 0.05) is 48.9 Å². The number of amides is 2. The van der Waals surface area contributed by atoms with Crippen molar-refractivity contribution in [2.75, 3.05) is 26.7 Å². The van der Waals surface area contributed by atoms with Crippen LogP contribution in [0.2, 0.25) is 0 Å². The van der Waals surface area contributed by atoms with Crippen LogP contribution in [0.4, 0.5) is 0 Å². The van der Waals surface area contributed by atoms with Crippen LogP contribution in [0.15, 0.2) is 48.7 Å². The molecule has 2 amide bonds. The van der Waals surface area contributed by atoms with Crippen LogP contribution in [0.1, 0.15) is 27.1 Å². The van der Waals surface area contributed by atoms with Crippen LogP contribution in [0.25, 0.3) is 26.4 Å². The van der Waals surface area contributed by atoms with E-state index in [1.165, 1.54) is 11.3 Å². The summed E-state index contributed by atoms with van der Waals surface area (Å²) in [7, 11) is 1.61. The second-order valence-electron chi connectivity index (χ2n) is 8.25. The van der Waals surface area contributed by atoms with Crippen molar-refractivity contribution in [1.82, 2.24) is 25.3 Å². The monoisotopic (exact) mass is 463 g/mol. The summed E-state index contributed by atoms with van der Waals surface area (Å²) >= 11 is 1.53. The largest absolute Gasteiger partial charge is 0.391 e. The number of aliphatic hydroxyl groups is 1. The molecule has 1 fully saturated rings. The first kappa shape index (κ1) is 21.6. The van der Waals surface area contributed by atoms with E-state index in [1.54, 1.807) is 19.2 Å². The summed E-state index contributed by atoms with van der Waals surface area (Å²) in [5, 5.41) is 18.8. The maximum Gasteiger partial charge on any atom is 0.251 e. The van der Waals surface area contributed by atoms with E-state index in [-0.39, 0.29) is 17.7 Å². The van der Waals surface area contributed by atoms with Gasteiger partial charge in [-0.25, -0.2) is 4.98 Å². The average molecular weight is 464 g/mol. The molecule has 8 nitrogen and oxygen atoms in total. The van der Waals surface area contributed by atoms with E-state index in [1.807, 2.05) is 40.9 Å². The van der Waals surface area contributed by atoms with Crippen LogP contribution < -0.4 is 16.0 Å². The molecule has 1 saturated heterocycles. The SMILES string of the molecule is CNC(=O)c1ccc(-c2cn3c(n2)sc2cc(C(=O)NC[C@H]4CCNC[C@@H]4O)ccc23)cc1. The average Bonchev–Trinajstić information content (AvgIpc) is 3.40. The Morgan fingerprint density at radius 1 is 1.18 bits per heavy atom. The highest BCUT2D eigenvalue weighted by Crippen LogP contribution is 2.30. The lowest BCUT2D eigenvalue weighted by Crippen LogP contribution is -2.45. The molecule has 170 valence electrons. The summed E-state index contributed by atoms with van der Waals surface area (Å²) < 4.78 is 3.00. The molecule has 0 aliphatic carbocycles. The third-order valence-electron chi connectivity index (χ3n) is 6.14. The molecule has 33 heavy (non-hydrogen) atoms. The molecular formula is C24H25N5O3S. The van der Waals surface area contributed by atoms with E-state index in [2.05, 4.69) is 16.0 Å². The maximum absolute atomic E-state index is 12.7. The zero-order valence-electron chi connectivity index (χ0n) is 18.2. The number of benzene rings is 2. The van der Waals surface area contributed by atoms with Gasteiger partial charge in [0.2, 0.25) is 0 Å². The summed E-state index contributed by atoms with van der Waals surface area (Å²) in [6, 6.07) is 13.0. The van der Waals surface area contributed by atoms with Crippen molar-refractivity contribution in [1.29, 1.82) is 0 Å². The van der Waals surface area contributed by atoms with E-state index in [9.17, 15) is 14.7 Å². The lowest BCUT2D eigenvalue weighted by Gasteiger charge is -2.28. The number of β-amino-alcohol motifs (C(OH)–C–C–N with tert-alkyl or cyclic N) is 1. The molecule has 2 atom stereocenters. The van der Waals surface area contributed by atoms with Gasteiger partial charge in [0.15, 0.2) is 4.96 Å². The first-order chi connectivity index (χ1) is 16.0. The van der Waals surface area contributed by atoms with E-state index in [4.69, 9.17) is 4.98 Å². The van der Waals surface area contributed by atoms with Crippen LogP contribution in [0, 0.1) is 5.92 Å². The Bertz CT molecular complexity index is 1330. The van der Waals surface area contributed by atoms with Crippen LogP contribution in [0.3, 0.4) is 0 Å². The summed E-state index contributed by atoms with van der Waals surface area (Å²) in [6.07, 6.45) is 2.39. The molecule has 0 radical (unpaired) electrons. The number of nitrogens with zero attached hydrogens (tertiary/aromatic N) is 2. The quantitative estimate of drug-likeness (QED) is 0.363. The minimum Gasteiger partial charge on any atom is -0.391 e. The third kappa shape index (κ3) is 4.22. The molecule has 1 aliphatic heterocycles. The summed E-state index contributed by atoms with van der Waals surface area (Å²) in [4.78, 5) is 30.0. The number of hydrogen-bond donors (Lipinski definition) is 4. The number of carbonyl (C=O) groups excluding carboxylic acids is 2. The smallest absolute Gasteiger partial charge is 0.251 e. The fourth-order valence-corrected chi connectivity index (χ4v) is 5.23. The molecule has 4 aromatic rings. The van der Waals surface area contributed by atoms with Crippen LogP contribution in [-0.4, -0.2) is 59.1 Å². The van der Waals surface area contributed by atoms with E-state index < -0.39 is 6.10 Å². The molecule has 3 heterocycles. The van der Waals surface area contributed by atoms with E-state index in [0.29, 0.717) is 24.2 Å². The molecular weight excluding hydrogens is 438 g/mol. The van der Waals surface area contributed by atoms with Crippen molar-refractivity contribution in [3.05, 3.63) is 59.8 Å². The minimum absolute atomic E-state index is 0.0767. The number of carbonyl (C=O) groups is 2. The predicted octanol–water partition coefficient (Wildman–Crippen LogP) is 2.28. The van der Waals surface area contributed by atoms with E-state index >= 15 is 0 Å². The Kier molecular flexibility index (Phi) is 5.84. The maximum atomic E-state index is 12.7. The number of rotatable bonds is 5. The van der Waals surface area contributed by atoms with Crippen molar-refractivity contribution < 1.29 is 14.7 Å². The fourth-order valence-electron chi connectivity index (χ4n) is 4.18. The fraction of sp³-hybridized carbons (Fsp3) is 0.292. The molecule has 0 spiro atoms. The van der Waals surface area contributed by atoms with Crippen molar-refractivity contribution in [3.8, 4) is 11.3 Å². The minimum atomic E-state index is -0.430. The van der Waals surface area contributed by atoms with Crippen molar-refractivity contribution in [2.24, 2.45) is 5.92 Å². The molecule has 0 unspecified atom stereocenters. The highest BCUT2D eigenvalue weighted by atomic mass is 32.1. The Hall–Kier alpha value is -3.27. The number of imidazole rings is 1. The molecule has 2 aromatic heterocycles. The van der Waals surface area contributed by atoms with Crippen LogP contribution >= 0.6 is 11.3 Å². The topological polar surface area (TPSA) is 108 Å². The first-order valence-electron chi connectivity index (χ1n) is 10.9. The normalized spacial score (nSPS) is 18.5. The van der Waals surface area contributed by atoms with Crippen LogP contribution in [-0.2, 0) is 0 Å². The molecule has 4 N–H and O–H groups in total. The molecule has 1 aliphatic rings. The Balaban J connectivity index is 1.34. The van der Waals surface area contributed by atoms with Gasteiger partial charge in [-0.1, -0.05) is 23.5 Å². The zero-order chi connectivity index (χ0) is 22.9. The van der Waals surface area contributed by atoms with Gasteiger partial charge in [-0.3, -0.25) is 14.0 Å². The lowest BCUT2D eigenvalue weighted by molar-refractivity contribution is 0.0753. The van der Waals surface area contributed by atoms with Gasteiger partial charge in [0.1, 0.15) is 0 Å². The number of nitrogens with one attached hydrogen (secondary N) is 3. The predicted molar refractivity (Wildman–Crippen MR) is 129 cm³/mol. The van der Waals surface area contributed by atoms with Crippen molar-refractivity contribution in [2.45, 2.75) is 12.5 Å². The van der Waals surface area contributed by atoms with Gasteiger partial charge in [0.05, 0.1) is 22.0 Å². The number of thiazole rings is 1. The van der Waals surface area contributed by atoms with Gasteiger partial charge in [0.25, 0.3) is 11.8 Å². The van der Waals surface area contributed by atoms with Crippen molar-refractivity contribution >= 4 is 38.3 Å². The van der Waals surface area contributed by atoms with Gasteiger partial charge in [-0.05, 0) is 43.3 Å². The highest BCUT2D eigenvalue weighted by molar-refractivity contribution is 7.23. The first-order valence-corrected chi connectivity index (χ1v) is 11.8. The lowest BCUT2D eigenvalue weighted by atomic mass is 9.95. The number of aliphatic hydroxyl groups excluding tert-OH is 1. The number of hydrogen-bond acceptors (Lipinski definition) is 6. The van der Waals surface area contributed by atoms with E-state index in [0.717, 1.165) is 39.4 Å². The third-order valence-corrected chi connectivity index (χ3v) is 7.16. The molecule has 9 heteroatoms. The highest BCUT2D eigenvalue weighted by Gasteiger charge is 2.23. The Labute approximate surface area is 194 Å². The second-order valence-corrected chi connectivity index (χ2v) is 9.26. The summed E-state index contributed by atoms with van der Waals surface area (Å²) in [5.74, 6) is -0.177. The summed E-state index contributed by atoms with van der Waals surface area (Å²) in [6.45, 7) is 1.90. The molecule has 5 rings (SSSR count). The molecule has 0 bridgehead atoms. The van der Waals surface area contributed by atoms with Gasteiger partial charge >= 0.3 is 0 Å². The van der Waals surface area contributed by atoms with Gasteiger partial charge in [-0.2, -0.15) is 0 Å². The Morgan fingerprint density at radius 2 is 1.97 bits per heavy atom. The number of piperidine rings is 1.